The van der Waals surface area contributed by atoms with Crippen LogP contribution in [-0.2, 0) is 4.79 Å². The molecule has 0 fully saturated rings. The minimum Gasteiger partial charge on any atom is -0.365 e. The topological polar surface area (TPSA) is 55.5 Å². The van der Waals surface area contributed by atoms with E-state index in [1.165, 1.54) is 0 Å². The summed E-state index contributed by atoms with van der Waals surface area (Å²) in [5, 5.41) is 0. The molecule has 0 saturated heterocycles. The van der Waals surface area contributed by atoms with E-state index < -0.39 is 15.9 Å². The number of aliphatic imine (C=N–C) groups is 1. The summed E-state index contributed by atoms with van der Waals surface area (Å²) >= 11 is 0. The largest absolute Gasteiger partial charge is 0.365 e. The molecule has 0 aliphatic carbocycles. The van der Waals surface area contributed by atoms with Crippen molar-refractivity contribution in [2.75, 3.05) is 0 Å². The molecule has 2 aromatic rings. The lowest BCUT2D eigenvalue weighted by atomic mass is 10.4. The Morgan fingerprint density at radius 1 is 0.900 bits per heavy atom. The van der Waals surface area contributed by atoms with Crippen LogP contribution in [0.5, 0.6) is 0 Å². The van der Waals surface area contributed by atoms with Crippen LogP contribution in [0.25, 0.3) is 0 Å². The van der Waals surface area contributed by atoms with Gasteiger partial charge in [-0.1, -0.05) is 36.4 Å². The number of benzene rings is 2. The van der Waals surface area contributed by atoms with Gasteiger partial charge in [0.05, 0.1) is 10.5 Å². The second-order valence-corrected chi connectivity index (χ2v) is 7.31. The number of primary amides is 1. The molecular formula is C16H14N2OS. The van der Waals surface area contributed by atoms with Crippen LogP contribution in [0.1, 0.15) is 0 Å². The minimum atomic E-state index is -1.76. The Labute approximate surface area is 119 Å². The first-order valence-corrected chi connectivity index (χ1v) is 7.91. The van der Waals surface area contributed by atoms with Gasteiger partial charge in [0.15, 0.2) is 0 Å². The summed E-state index contributed by atoms with van der Waals surface area (Å²) in [5.74, 6) is -0.412. The van der Waals surface area contributed by atoms with Crippen molar-refractivity contribution in [3.63, 3.8) is 0 Å². The first-order chi connectivity index (χ1) is 9.75. The molecule has 0 aromatic heterocycles. The Morgan fingerprint density at radius 3 is 1.85 bits per heavy atom. The monoisotopic (exact) mass is 282 g/mol. The van der Waals surface area contributed by atoms with Crippen molar-refractivity contribution < 1.29 is 4.79 Å². The molecule has 3 rings (SSSR count). The average Bonchev–Trinajstić information content (AvgIpc) is 2.95. The van der Waals surface area contributed by atoms with E-state index in [-0.39, 0.29) is 0 Å². The van der Waals surface area contributed by atoms with E-state index in [4.69, 9.17) is 5.73 Å². The molecule has 0 atom stereocenters. The van der Waals surface area contributed by atoms with Crippen LogP contribution in [0.15, 0.2) is 86.6 Å². The Morgan fingerprint density at radius 2 is 1.40 bits per heavy atom. The first kappa shape index (κ1) is 12.7. The lowest BCUT2D eigenvalue weighted by molar-refractivity contribution is -0.113. The van der Waals surface area contributed by atoms with E-state index in [0.717, 1.165) is 9.79 Å². The molecule has 0 spiro atoms. The Balaban J connectivity index is 2.28. The van der Waals surface area contributed by atoms with Gasteiger partial charge >= 0.3 is 0 Å². The zero-order valence-corrected chi connectivity index (χ0v) is 11.6. The predicted molar refractivity (Wildman–Crippen MR) is 82.8 cm³/mol. The molecule has 0 unspecified atom stereocenters. The van der Waals surface area contributed by atoms with E-state index in [1.807, 2.05) is 66.2 Å². The molecule has 20 heavy (non-hydrogen) atoms. The van der Waals surface area contributed by atoms with Crippen LogP contribution >= 0.6 is 10.0 Å². The van der Waals surface area contributed by atoms with Gasteiger partial charge in [-0.25, -0.2) is 0 Å². The standard InChI is InChI=1S/C16H14N2OS/c17-16(19)15-11-18-12-20(15,13-7-3-1-4-8-13)14-9-5-2-6-10-14/h1-12H,(H2,17,19). The maximum atomic E-state index is 11.9. The van der Waals surface area contributed by atoms with E-state index in [2.05, 4.69) is 4.99 Å². The molecule has 0 radical (unpaired) electrons. The van der Waals surface area contributed by atoms with Crippen LogP contribution in [0, 0.1) is 0 Å². The van der Waals surface area contributed by atoms with Crippen molar-refractivity contribution >= 4 is 21.5 Å². The molecule has 3 nitrogen and oxygen atoms in total. The highest BCUT2D eigenvalue weighted by molar-refractivity contribution is 8.47. The number of rotatable bonds is 3. The highest BCUT2D eigenvalue weighted by atomic mass is 32.3. The zero-order valence-electron chi connectivity index (χ0n) is 10.8. The fourth-order valence-corrected chi connectivity index (χ4v) is 5.43. The lowest BCUT2D eigenvalue weighted by Crippen LogP contribution is -2.18. The van der Waals surface area contributed by atoms with Crippen molar-refractivity contribution in [3.05, 3.63) is 71.8 Å². The zero-order chi connectivity index (χ0) is 14.0. The van der Waals surface area contributed by atoms with Crippen LogP contribution < -0.4 is 5.73 Å². The molecule has 1 amide bonds. The fraction of sp³-hybridized carbons (Fsp3) is 0. The van der Waals surface area contributed by atoms with E-state index in [1.54, 1.807) is 6.20 Å². The Hall–Kier alpha value is -2.33. The third kappa shape index (κ3) is 1.85. The highest BCUT2D eigenvalue weighted by Crippen LogP contribution is 2.67. The average molecular weight is 282 g/mol. The van der Waals surface area contributed by atoms with E-state index >= 15 is 0 Å². The molecule has 1 aliphatic heterocycles. The van der Waals surface area contributed by atoms with Gasteiger partial charge in [-0.05, 0) is 24.3 Å². The molecule has 2 N–H and O–H groups in total. The Bertz CT molecular complexity index is 653. The summed E-state index contributed by atoms with van der Waals surface area (Å²) in [6, 6.07) is 19.9. The van der Waals surface area contributed by atoms with Crippen molar-refractivity contribution in [2.45, 2.75) is 9.79 Å². The van der Waals surface area contributed by atoms with Gasteiger partial charge < -0.3 is 5.73 Å². The number of amides is 1. The smallest absolute Gasteiger partial charge is 0.256 e. The summed E-state index contributed by atoms with van der Waals surface area (Å²) in [6.45, 7) is 0. The fourth-order valence-electron chi connectivity index (χ4n) is 2.33. The van der Waals surface area contributed by atoms with Crippen molar-refractivity contribution in [2.24, 2.45) is 10.7 Å². The molecule has 0 bridgehead atoms. The second-order valence-electron chi connectivity index (χ2n) is 4.40. The molecular weight excluding hydrogens is 268 g/mol. The normalized spacial score (nSPS) is 17.5. The summed E-state index contributed by atoms with van der Waals surface area (Å²) in [5.41, 5.74) is 7.45. The first-order valence-electron chi connectivity index (χ1n) is 6.22. The van der Waals surface area contributed by atoms with Crippen molar-refractivity contribution in [3.8, 4) is 0 Å². The molecule has 100 valence electrons. The maximum Gasteiger partial charge on any atom is 0.256 e. The predicted octanol–water partition coefficient (Wildman–Crippen LogP) is 3.28. The highest BCUT2D eigenvalue weighted by Gasteiger charge is 2.36. The van der Waals surface area contributed by atoms with Gasteiger partial charge in [0.2, 0.25) is 0 Å². The summed E-state index contributed by atoms with van der Waals surface area (Å²) in [4.78, 5) is 18.8. The van der Waals surface area contributed by atoms with Crippen LogP contribution in [0.4, 0.5) is 0 Å². The number of carbonyl (C=O) groups is 1. The molecule has 4 heteroatoms. The quantitative estimate of drug-likeness (QED) is 0.922. The second kappa shape index (κ2) is 4.98. The van der Waals surface area contributed by atoms with E-state index in [0.29, 0.717) is 4.91 Å². The van der Waals surface area contributed by atoms with Crippen LogP contribution in [-0.4, -0.2) is 11.5 Å². The van der Waals surface area contributed by atoms with Crippen molar-refractivity contribution in [1.29, 1.82) is 0 Å². The SMILES string of the molecule is NC(=O)C1=CN=CS1(c1ccccc1)c1ccccc1. The summed E-state index contributed by atoms with van der Waals surface area (Å²) in [6.07, 6.45) is 1.59. The summed E-state index contributed by atoms with van der Waals surface area (Å²) in [7, 11) is -1.76. The maximum absolute atomic E-state index is 11.9. The molecule has 1 aliphatic rings. The number of nitrogens with zero attached hydrogens (tertiary/aromatic N) is 1. The van der Waals surface area contributed by atoms with Crippen LogP contribution in [0.2, 0.25) is 0 Å². The minimum absolute atomic E-state index is 0.412. The van der Waals surface area contributed by atoms with Gasteiger partial charge in [-0.15, -0.1) is 10.0 Å². The van der Waals surface area contributed by atoms with Crippen LogP contribution in [0.3, 0.4) is 0 Å². The third-order valence-corrected chi connectivity index (χ3v) is 6.70. The lowest BCUT2D eigenvalue weighted by Gasteiger charge is -2.35. The van der Waals surface area contributed by atoms with Gasteiger partial charge in [-0.3, -0.25) is 9.79 Å². The number of hydrogen-bond donors (Lipinski definition) is 1. The molecule has 1 heterocycles. The number of hydrogen-bond acceptors (Lipinski definition) is 2. The summed E-state index contributed by atoms with van der Waals surface area (Å²) < 4.78 is 0. The molecule has 0 saturated carbocycles. The Kier molecular flexibility index (Phi) is 3.16. The third-order valence-electron chi connectivity index (χ3n) is 3.23. The van der Waals surface area contributed by atoms with E-state index in [9.17, 15) is 4.79 Å². The number of nitrogens with two attached hydrogens (primary N) is 1. The number of carbonyl (C=O) groups excluding carboxylic acids is 1. The van der Waals surface area contributed by atoms with Crippen molar-refractivity contribution in [1.82, 2.24) is 0 Å². The van der Waals surface area contributed by atoms with Gasteiger partial charge in [-0.2, -0.15) is 0 Å². The molecule has 2 aromatic carbocycles. The van der Waals surface area contributed by atoms with Gasteiger partial charge in [0.1, 0.15) is 0 Å². The van der Waals surface area contributed by atoms with Gasteiger partial charge in [0.25, 0.3) is 5.91 Å². The van der Waals surface area contributed by atoms with Gasteiger partial charge in [0, 0.05) is 16.0 Å².